The lowest BCUT2D eigenvalue weighted by Gasteiger charge is -2.40. The zero-order valence-corrected chi connectivity index (χ0v) is 12.5. The summed E-state index contributed by atoms with van der Waals surface area (Å²) < 4.78 is 0. The molecule has 2 N–H and O–H groups in total. The molecule has 1 aliphatic carbocycles. The normalized spacial score (nSPS) is 23.4. The van der Waals surface area contributed by atoms with Crippen molar-refractivity contribution >= 4 is 5.91 Å². The number of aromatic nitrogens is 1. The van der Waals surface area contributed by atoms with E-state index in [0.29, 0.717) is 11.5 Å². The van der Waals surface area contributed by atoms with E-state index in [1.54, 1.807) is 0 Å². The number of hydrogen-bond donors (Lipinski definition) is 2. The molecule has 0 spiro atoms. The van der Waals surface area contributed by atoms with Crippen molar-refractivity contribution in [1.29, 1.82) is 0 Å². The fourth-order valence-corrected chi connectivity index (χ4v) is 3.14. The summed E-state index contributed by atoms with van der Waals surface area (Å²) in [6.07, 6.45) is 7.41. The van der Waals surface area contributed by atoms with Gasteiger partial charge >= 0.3 is 0 Å². The molecule has 0 radical (unpaired) electrons. The van der Waals surface area contributed by atoms with Crippen LogP contribution in [0.25, 0.3) is 0 Å². The van der Waals surface area contributed by atoms with Crippen LogP contribution < -0.4 is 5.32 Å². The molecule has 110 valence electrons. The lowest BCUT2D eigenvalue weighted by molar-refractivity contribution is 0.0829. The summed E-state index contributed by atoms with van der Waals surface area (Å²) in [5, 5.41) is 12.5. The maximum absolute atomic E-state index is 12.3. The van der Waals surface area contributed by atoms with Gasteiger partial charge in [-0.25, -0.2) is 0 Å². The van der Waals surface area contributed by atoms with Crippen molar-refractivity contribution in [3.8, 4) is 5.75 Å². The lowest BCUT2D eigenvalue weighted by atomic mass is 9.69. The van der Waals surface area contributed by atoms with Gasteiger partial charge in [-0.15, -0.1) is 0 Å². The number of rotatable bonds is 2. The molecular formula is C16H24N2O2. The molecule has 0 aliphatic heterocycles. The van der Waals surface area contributed by atoms with E-state index in [4.69, 9.17) is 0 Å². The lowest BCUT2D eigenvalue weighted by Crippen LogP contribution is -2.46. The van der Waals surface area contributed by atoms with Gasteiger partial charge in [-0.05, 0) is 30.2 Å². The van der Waals surface area contributed by atoms with Crippen LogP contribution in [0.4, 0.5) is 0 Å². The molecule has 1 heterocycles. The van der Waals surface area contributed by atoms with Gasteiger partial charge in [0, 0.05) is 12.2 Å². The van der Waals surface area contributed by atoms with Crippen LogP contribution in [0.5, 0.6) is 5.75 Å². The second-order valence-corrected chi connectivity index (χ2v) is 6.77. The van der Waals surface area contributed by atoms with Gasteiger partial charge in [0.15, 0.2) is 0 Å². The summed E-state index contributed by atoms with van der Waals surface area (Å²) in [5.74, 6) is 0.369. The van der Waals surface area contributed by atoms with Gasteiger partial charge in [0.2, 0.25) is 0 Å². The van der Waals surface area contributed by atoms with Crippen molar-refractivity contribution in [3.05, 3.63) is 24.0 Å². The predicted octanol–water partition coefficient (Wildman–Crippen LogP) is 3.12. The molecule has 0 aromatic carbocycles. The summed E-state index contributed by atoms with van der Waals surface area (Å²) in [5.41, 5.74) is 0.610. The molecule has 1 fully saturated rings. The van der Waals surface area contributed by atoms with Gasteiger partial charge in [-0.1, -0.05) is 33.6 Å². The summed E-state index contributed by atoms with van der Waals surface area (Å²) in [6.45, 7) is 6.70. The third-order valence-electron chi connectivity index (χ3n) is 4.18. The number of carbonyl (C=O) groups is 1. The second kappa shape index (κ2) is 5.81. The third-order valence-corrected chi connectivity index (χ3v) is 4.18. The molecule has 0 bridgehead atoms. The molecule has 20 heavy (non-hydrogen) atoms. The van der Waals surface area contributed by atoms with E-state index in [1.807, 2.05) is 0 Å². The molecule has 1 aliphatic rings. The van der Waals surface area contributed by atoms with E-state index in [0.717, 1.165) is 19.3 Å². The zero-order chi connectivity index (χ0) is 14.8. The van der Waals surface area contributed by atoms with Gasteiger partial charge in [0.1, 0.15) is 5.75 Å². The fourth-order valence-electron chi connectivity index (χ4n) is 3.14. The smallest absolute Gasteiger partial charge is 0.253 e. The molecule has 0 saturated heterocycles. The minimum atomic E-state index is -0.144. The van der Waals surface area contributed by atoms with Crippen LogP contribution >= 0.6 is 0 Å². The van der Waals surface area contributed by atoms with Crippen LogP contribution in [-0.4, -0.2) is 22.0 Å². The SMILES string of the molecule is CC(C)(C)C1CCCCC1NC(=O)c1cncc(O)c1. The summed E-state index contributed by atoms with van der Waals surface area (Å²) in [7, 11) is 0. The molecule has 2 rings (SSSR count). The van der Waals surface area contributed by atoms with Crippen molar-refractivity contribution in [1.82, 2.24) is 10.3 Å². The highest BCUT2D eigenvalue weighted by molar-refractivity contribution is 5.94. The molecule has 1 saturated carbocycles. The van der Waals surface area contributed by atoms with Crippen molar-refractivity contribution in [2.24, 2.45) is 11.3 Å². The van der Waals surface area contributed by atoms with Gasteiger partial charge in [0.05, 0.1) is 11.8 Å². The number of nitrogens with one attached hydrogen (secondary N) is 1. The second-order valence-electron chi connectivity index (χ2n) is 6.77. The van der Waals surface area contributed by atoms with Crippen LogP contribution in [0, 0.1) is 11.3 Å². The van der Waals surface area contributed by atoms with Crippen LogP contribution in [0.3, 0.4) is 0 Å². The van der Waals surface area contributed by atoms with Crippen molar-refractivity contribution < 1.29 is 9.90 Å². The molecule has 1 amide bonds. The highest BCUT2D eigenvalue weighted by atomic mass is 16.3. The number of hydrogen-bond acceptors (Lipinski definition) is 3. The first-order valence-corrected chi connectivity index (χ1v) is 7.33. The van der Waals surface area contributed by atoms with Gasteiger partial charge in [0.25, 0.3) is 5.91 Å². The maximum atomic E-state index is 12.3. The van der Waals surface area contributed by atoms with Crippen molar-refractivity contribution in [2.45, 2.75) is 52.5 Å². The van der Waals surface area contributed by atoms with Gasteiger partial charge in [-0.3, -0.25) is 9.78 Å². The number of pyridine rings is 1. The summed E-state index contributed by atoms with van der Waals surface area (Å²) in [4.78, 5) is 16.1. The quantitative estimate of drug-likeness (QED) is 0.872. The number of nitrogens with zero attached hydrogens (tertiary/aromatic N) is 1. The third kappa shape index (κ3) is 3.50. The van der Waals surface area contributed by atoms with E-state index in [1.165, 1.54) is 24.9 Å². The molecule has 1 aromatic rings. The Morgan fingerprint density at radius 3 is 2.65 bits per heavy atom. The molecule has 1 aromatic heterocycles. The van der Waals surface area contributed by atoms with E-state index < -0.39 is 0 Å². The van der Waals surface area contributed by atoms with Gasteiger partial charge in [-0.2, -0.15) is 0 Å². The Labute approximate surface area is 120 Å². The summed E-state index contributed by atoms with van der Waals surface area (Å²) >= 11 is 0. The van der Waals surface area contributed by atoms with Crippen LogP contribution in [0.15, 0.2) is 18.5 Å². The van der Waals surface area contributed by atoms with Gasteiger partial charge < -0.3 is 10.4 Å². The van der Waals surface area contributed by atoms with E-state index >= 15 is 0 Å². The Morgan fingerprint density at radius 2 is 2.00 bits per heavy atom. The monoisotopic (exact) mass is 276 g/mol. The number of aromatic hydroxyl groups is 1. The number of amides is 1. The minimum Gasteiger partial charge on any atom is -0.506 e. The average molecular weight is 276 g/mol. The Kier molecular flexibility index (Phi) is 4.31. The Balaban J connectivity index is 2.09. The Hall–Kier alpha value is -1.58. The first kappa shape index (κ1) is 14.8. The van der Waals surface area contributed by atoms with Crippen LogP contribution in [0.2, 0.25) is 0 Å². The standard InChI is InChI=1S/C16H24N2O2/c1-16(2,3)13-6-4-5-7-14(13)18-15(20)11-8-12(19)10-17-9-11/h8-10,13-14,19H,4-7H2,1-3H3,(H,18,20). The van der Waals surface area contributed by atoms with Crippen molar-refractivity contribution in [3.63, 3.8) is 0 Å². The first-order valence-electron chi connectivity index (χ1n) is 7.33. The Morgan fingerprint density at radius 1 is 1.30 bits per heavy atom. The van der Waals surface area contributed by atoms with Crippen LogP contribution in [-0.2, 0) is 0 Å². The maximum Gasteiger partial charge on any atom is 0.253 e. The largest absolute Gasteiger partial charge is 0.506 e. The van der Waals surface area contributed by atoms with Crippen molar-refractivity contribution in [2.75, 3.05) is 0 Å². The van der Waals surface area contributed by atoms with Crippen LogP contribution in [0.1, 0.15) is 56.8 Å². The molecular weight excluding hydrogens is 252 g/mol. The molecule has 2 atom stereocenters. The first-order chi connectivity index (χ1) is 9.38. The topological polar surface area (TPSA) is 62.2 Å². The van der Waals surface area contributed by atoms with E-state index in [9.17, 15) is 9.90 Å². The predicted molar refractivity (Wildman–Crippen MR) is 78.6 cm³/mol. The summed E-state index contributed by atoms with van der Waals surface area (Å²) in [6, 6.07) is 1.66. The molecule has 4 heteroatoms. The minimum absolute atomic E-state index is 0.0219. The Bertz CT molecular complexity index is 480. The van der Waals surface area contributed by atoms with E-state index in [2.05, 4.69) is 31.1 Å². The van der Waals surface area contributed by atoms with E-state index in [-0.39, 0.29) is 23.1 Å². The highest BCUT2D eigenvalue weighted by Gasteiger charge is 2.35. The highest BCUT2D eigenvalue weighted by Crippen LogP contribution is 2.38. The zero-order valence-electron chi connectivity index (χ0n) is 12.5. The molecule has 4 nitrogen and oxygen atoms in total. The average Bonchev–Trinajstić information content (AvgIpc) is 2.38. The molecule has 2 unspecified atom stereocenters. The fraction of sp³-hybridized carbons (Fsp3) is 0.625. The number of carbonyl (C=O) groups excluding carboxylic acids is 1.